The van der Waals surface area contributed by atoms with Gasteiger partial charge >= 0.3 is 0 Å². The first-order valence-corrected chi connectivity index (χ1v) is 6.23. The van der Waals surface area contributed by atoms with Crippen LogP contribution >= 0.6 is 15.9 Å². The Morgan fingerprint density at radius 2 is 2.33 bits per heavy atom. The van der Waals surface area contributed by atoms with Crippen LogP contribution in [0.5, 0.6) is 0 Å². The van der Waals surface area contributed by atoms with Crippen LogP contribution in [-0.2, 0) is 4.79 Å². The lowest BCUT2D eigenvalue weighted by atomic mass is 9.93. The van der Waals surface area contributed by atoms with Crippen molar-refractivity contribution in [3.05, 3.63) is 10.6 Å². The maximum Gasteiger partial charge on any atom is 0.226 e. The number of halogens is 2. The molecule has 2 atom stereocenters. The van der Waals surface area contributed by atoms with Gasteiger partial charge in [-0.15, -0.1) is 0 Å². The van der Waals surface area contributed by atoms with E-state index >= 15 is 0 Å². The minimum Gasteiger partial charge on any atom is -0.339 e. The zero-order valence-electron chi connectivity index (χ0n) is 8.59. The summed E-state index contributed by atoms with van der Waals surface area (Å²) in [5.74, 6) is 0.225. The number of carbonyl (C=O) groups excluding carboxylic acids is 1. The molecule has 1 aliphatic heterocycles. The third kappa shape index (κ3) is 2.60. The van der Waals surface area contributed by atoms with E-state index in [2.05, 4.69) is 22.0 Å². The number of alkyl halides is 1. The summed E-state index contributed by atoms with van der Waals surface area (Å²) in [4.78, 5) is 13.7. The monoisotopic (exact) mass is 275 g/mol. The lowest BCUT2D eigenvalue weighted by Gasteiger charge is -2.24. The molecular weight excluding hydrogens is 261 g/mol. The van der Waals surface area contributed by atoms with Gasteiger partial charge in [-0.3, -0.25) is 4.79 Å². The van der Waals surface area contributed by atoms with E-state index in [1.807, 2.05) is 0 Å². The average Bonchev–Trinajstić information content (AvgIpc) is 2.65. The number of hydrogen-bond donors (Lipinski definition) is 0. The molecule has 0 radical (unpaired) electrons. The molecule has 1 saturated heterocycles. The second-order valence-corrected chi connectivity index (χ2v) is 5.31. The summed E-state index contributed by atoms with van der Waals surface area (Å²) in [6, 6.07) is 0. The van der Waals surface area contributed by atoms with E-state index in [1.54, 1.807) is 4.90 Å². The van der Waals surface area contributed by atoms with E-state index in [0.717, 1.165) is 19.3 Å². The summed E-state index contributed by atoms with van der Waals surface area (Å²) in [5, 5.41) is 0. The van der Waals surface area contributed by atoms with Gasteiger partial charge in [0.1, 0.15) is 6.17 Å². The van der Waals surface area contributed by atoms with Crippen molar-refractivity contribution < 1.29 is 9.18 Å². The zero-order chi connectivity index (χ0) is 10.8. The molecule has 2 nitrogen and oxygen atoms in total. The Bertz CT molecular complexity index is 292. The highest BCUT2D eigenvalue weighted by atomic mass is 79.9. The summed E-state index contributed by atoms with van der Waals surface area (Å²) in [6.07, 6.45) is 4.40. The molecular formula is C11H15BrFNO. The van der Waals surface area contributed by atoms with E-state index in [9.17, 15) is 9.18 Å². The molecule has 84 valence electrons. The second-order valence-electron chi connectivity index (χ2n) is 4.29. The predicted octanol–water partition coefficient (Wildman–Crippen LogP) is 2.64. The molecule has 0 aromatic carbocycles. The second kappa shape index (κ2) is 4.64. The van der Waals surface area contributed by atoms with E-state index in [-0.39, 0.29) is 11.8 Å². The van der Waals surface area contributed by atoms with E-state index in [0.29, 0.717) is 19.5 Å². The summed E-state index contributed by atoms with van der Waals surface area (Å²) in [7, 11) is 0. The third-order valence-corrected chi connectivity index (χ3v) is 3.87. The van der Waals surface area contributed by atoms with Crippen LogP contribution in [0.2, 0.25) is 0 Å². The highest BCUT2D eigenvalue weighted by Gasteiger charge is 2.31. The van der Waals surface area contributed by atoms with E-state index < -0.39 is 6.17 Å². The smallest absolute Gasteiger partial charge is 0.226 e. The molecule has 1 aliphatic carbocycles. The van der Waals surface area contributed by atoms with Gasteiger partial charge in [0.25, 0.3) is 0 Å². The van der Waals surface area contributed by atoms with E-state index in [4.69, 9.17) is 0 Å². The van der Waals surface area contributed by atoms with Crippen molar-refractivity contribution in [3.63, 3.8) is 0 Å². The molecule has 0 aromatic heterocycles. The van der Waals surface area contributed by atoms with Crippen LogP contribution < -0.4 is 0 Å². The molecule has 0 saturated carbocycles. The Morgan fingerprint density at radius 1 is 1.53 bits per heavy atom. The Morgan fingerprint density at radius 3 is 2.87 bits per heavy atom. The minimum atomic E-state index is -0.806. The quantitative estimate of drug-likeness (QED) is 0.721. The molecule has 4 heteroatoms. The van der Waals surface area contributed by atoms with Crippen molar-refractivity contribution in [2.24, 2.45) is 5.92 Å². The van der Waals surface area contributed by atoms with Crippen LogP contribution in [0, 0.1) is 5.92 Å². The molecule has 0 bridgehead atoms. The number of hydrogen-bond acceptors (Lipinski definition) is 1. The van der Waals surface area contributed by atoms with Gasteiger partial charge in [-0.1, -0.05) is 22.0 Å². The first kappa shape index (κ1) is 11.1. The maximum atomic E-state index is 12.9. The normalized spacial score (nSPS) is 31.6. The highest BCUT2D eigenvalue weighted by Crippen LogP contribution is 2.29. The molecule has 2 unspecified atom stereocenters. The van der Waals surface area contributed by atoms with Crippen LogP contribution in [-0.4, -0.2) is 30.1 Å². The fraction of sp³-hybridized carbons (Fsp3) is 0.727. The number of amides is 1. The topological polar surface area (TPSA) is 20.3 Å². The number of allylic oxidation sites excluding steroid dienone is 2. The first-order chi connectivity index (χ1) is 7.16. The van der Waals surface area contributed by atoms with Gasteiger partial charge in [0, 0.05) is 12.5 Å². The van der Waals surface area contributed by atoms with Crippen LogP contribution in [0.1, 0.15) is 25.7 Å². The van der Waals surface area contributed by atoms with Crippen molar-refractivity contribution in [1.29, 1.82) is 0 Å². The van der Waals surface area contributed by atoms with Crippen LogP contribution in [0.4, 0.5) is 4.39 Å². The van der Waals surface area contributed by atoms with Gasteiger partial charge in [0.15, 0.2) is 0 Å². The standard InChI is InChI=1S/C11H15BrFNO/c12-9-3-1-8(2-4-9)11(15)14-6-5-10(13)7-14/h3,8,10H,1-2,4-7H2. The van der Waals surface area contributed by atoms with Crippen molar-refractivity contribution in [2.75, 3.05) is 13.1 Å². The molecule has 1 fully saturated rings. The summed E-state index contributed by atoms with van der Waals surface area (Å²) in [6.45, 7) is 0.904. The fourth-order valence-corrected chi connectivity index (χ4v) is 2.62. The van der Waals surface area contributed by atoms with Gasteiger partial charge in [-0.2, -0.15) is 0 Å². The van der Waals surface area contributed by atoms with Crippen molar-refractivity contribution >= 4 is 21.8 Å². The third-order valence-electron chi connectivity index (χ3n) is 3.15. The Hall–Kier alpha value is -0.380. The number of likely N-dealkylation sites (tertiary alicyclic amines) is 1. The lowest BCUT2D eigenvalue weighted by molar-refractivity contribution is -0.134. The van der Waals surface area contributed by atoms with Gasteiger partial charge in [0.2, 0.25) is 5.91 Å². The molecule has 1 amide bonds. The van der Waals surface area contributed by atoms with Crippen LogP contribution in [0.3, 0.4) is 0 Å². The van der Waals surface area contributed by atoms with Gasteiger partial charge < -0.3 is 4.90 Å². The lowest BCUT2D eigenvalue weighted by Crippen LogP contribution is -2.35. The predicted molar refractivity (Wildman–Crippen MR) is 60.4 cm³/mol. The van der Waals surface area contributed by atoms with E-state index in [1.165, 1.54) is 4.48 Å². The Kier molecular flexibility index (Phi) is 3.44. The largest absolute Gasteiger partial charge is 0.339 e. The molecule has 1 heterocycles. The number of carbonyl (C=O) groups is 1. The molecule has 2 aliphatic rings. The van der Waals surface area contributed by atoms with Crippen molar-refractivity contribution in [1.82, 2.24) is 4.90 Å². The molecule has 0 aromatic rings. The molecule has 15 heavy (non-hydrogen) atoms. The first-order valence-electron chi connectivity index (χ1n) is 5.44. The highest BCUT2D eigenvalue weighted by molar-refractivity contribution is 9.11. The Balaban J connectivity index is 1.91. The minimum absolute atomic E-state index is 0.0802. The van der Waals surface area contributed by atoms with Crippen molar-refractivity contribution in [3.8, 4) is 0 Å². The molecule has 2 rings (SSSR count). The van der Waals surface area contributed by atoms with Gasteiger partial charge in [-0.25, -0.2) is 4.39 Å². The number of rotatable bonds is 1. The molecule has 0 spiro atoms. The zero-order valence-corrected chi connectivity index (χ0v) is 10.2. The van der Waals surface area contributed by atoms with Crippen molar-refractivity contribution in [2.45, 2.75) is 31.9 Å². The SMILES string of the molecule is O=C(C1CC=C(Br)CC1)N1CCC(F)C1. The number of nitrogens with zero attached hydrogens (tertiary/aromatic N) is 1. The van der Waals surface area contributed by atoms with Crippen LogP contribution in [0.15, 0.2) is 10.6 Å². The summed E-state index contributed by atoms with van der Waals surface area (Å²) < 4.78 is 14.1. The summed E-state index contributed by atoms with van der Waals surface area (Å²) in [5.41, 5.74) is 0. The van der Waals surface area contributed by atoms with Gasteiger partial charge in [0.05, 0.1) is 6.54 Å². The van der Waals surface area contributed by atoms with Crippen LogP contribution in [0.25, 0.3) is 0 Å². The summed E-state index contributed by atoms with van der Waals surface area (Å²) >= 11 is 3.43. The molecule has 0 N–H and O–H groups in total. The average molecular weight is 276 g/mol. The van der Waals surface area contributed by atoms with Gasteiger partial charge in [-0.05, 0) is 30.2 Å². The maximum absolute atomic E-state index is 12.9. The fourth-order valence-electron chi connectivity index (χ4n) is 2.20. The Labute approximate surface area is 97.6 Å².